The van der Waals surface area contributed by atoms with Gasteiger partial charge in [0.05, 0.1) is 10.0 Å². The molecule has 0 spiro atoms. The minimum atomic E-state index is -4.59. The van der Waals surface area contributed by atoms with Crippen LogP contribution in [0.3, 0.4) is 0 Å². The van der Waals surface area contributed by atoms with Crippen LogP contribution in [0.5, 0.6) is 0 Å². The maximum atomic E-state index is 12.4. The first kappa shape index (κ1) is 12.8. The Morgan fingerprint density at radius 3 is 2.50 bits per heavy atom. The van der Waals surface area contributed by atoms with Gasteiger partial charge in [0.1, 0.15) is 6.54 Å². The van der Waals surface area contributed by atoms with E-state index in [0.717, 1.165) is 0 Å². The minimum Gasteiger partial charge on any atom is -0.368 e. The topological polar surface area (TPSA) is 65.1 Å². The zero-order valence-electron chi connectivity index (χ0n) is 7.71. The molecule has 1 aromatic rings. The van der Waals surface area contributed by atoms with Crippen molar-refractivity contribution in [2.24, 2.45) is 5.73 Å². The van der Waals surface area contributed by atoms with E-state index >= 15 is 0 Å². The van der Waals surface area contributed by atoms with E-state index in [1.54, 1.807) is 0 Å². The largest absolute Gasteiger partial charge is 0.417 e. The third-order valence-electron chi connectivity index (χ3n) is 1.70. The molecule has 0 aliphatic rings. The smallest absolute Gasteiger partial charge is 0.368 e. The molecule has 2 N–H and O–H groups in total. The van der Waals surface area contributed by atoms with Gasteiger partial charge < -0.3 is 10.3 Å². The maximum Gasteiger partial charge on any atom is 0.417 e. The summed E-state index contributed by atoms with van der Waals surface area (Å²) in [5.74, 6) is -0.895. The summed E-state index contributed by atoms with van der Waals surface area (Å²) in [6.07, 6.45) is -4.03. The number of nitrogens with zero attached hydrogens (tertiary/aromatic N) is 1. The van der Waals surface area contributed by atoms with Crippen LogP contribution in [0, 0.1) is 0 Å². The van der Waals surface area contributed by atoms with Gasteiger partial charge in [0, 0.05) is 6.20 Å². The maximum absolute atomic E-state index is 12.4. The summed E-state index contributed by atoms with van der Waals surface area (Å²) < 4.78 is 37.4. The number of primary amides is 1. The Labute approximate surface area is 96.0 Å². The number of aromatic nitrogens is 1. The highest BCUT2D eigenvalue weighted by Gasteiger charge is 2.32. The number of rotatable bonds is 2. The Kier molecular flexibility index (Phi) is 3.41. The van der Waals surface area contributed by atoms with Gasteiger partial charge in [-0.2, -0.15) is 13.2 Å². The lowest BCUT2D eigenvalue weighted by molar-refractivity contribution is -0.138. The molecule has 0 bridgehead atoms. The fourth-order valence-corrected chi connectivity index (χ4v) is 1.51. The summed E-state index contributed by atoms with van der Waals surface area (Å²) >= 11 is 2.69. The van der Waals surface area contributed by atoms with Crippen molar-refractivity contribution in [1.29, 1.82) is 0 Å². The lowest BCUT2D eigenvalue weighted by Gasteiger charge is -2.10. The van der Waals surface area contributed by atoms with E-state index in [-0.39, 0.29) is 4.47 Å². The molecule has 88 valence electrons. The summed E-state index contributed by atoms with van der Waals surface area (Å²) in [6, 6.07) is 0.653. The zero-order valence-corrected chi connectivity index (χ0v) is 9.30. The van der Waals surface area contributed by atoms with Crippen LogP contribution >= 0.6 is 15.9 Å². The predicted octanol–water partition coefficient (Wildman–Crippen LogP) is 1.11. The number of nitrogens with two attached hydrogens (primary N) is 1. The van der Waals surface area contributed by atoms with Gasteiger partial charge in [0.25, 0.3) is 5.56 Å². The second kappa shape index (κ2) is 4.28. The van der Waals surface area contributed by atoms with E-state index in [4.69, 9.17) is 5.73 Å². The molecule has 1 aromatic heterocycles. The Morgan fingerprint density at radius 1 is 1.50 bits per heavy atom. The van der Waals surface area contributed by atoms with Crippen LogP contribution < -0.4 is 11.3 Å². The summed E-state index contributed by atoms with van der Waals surface area (Å²) in [5, 5.41) is 0. The van der Waals surface area contributed by atoms with Crippen LogP contribution in [-0.4, -0.2) is 10.5 Å². The number of pyridine rings is 1. The Hall–Kier alpha value is -1.31. The van der Waals surface area contributed by atoms with E-state index in [1.807, 2.05) is 0 Å². The predicted molar refractivity (Wildman–Crippen MR) is 52.6 cm³/mol. The highest BCUT2D eigenvalue weighted by atomic mass is 79.9. The van der Waals surface area contributed by atoms with Crippen molar-refractivity contribution >= 4 is 21.8 Å². The molecule has 0 aliphatic carbocycles. The second-order valence-electron chi connectivity index (χ2n) is 2.97. The van der Waals surface area contributed by atoms with Gasteiger partial charge in [-0.05, 0) is 22.0 Å². The average molecular weight is 299 g/mol. The molecule has 0 unspecified atom stereocenters. The molecular formula is C8H6BrF3N2O2. The number of hydrogen-bond donors (Lipinski definition) is 1. The van der Waals surface area contributed by atoms with Crippen LogP contribution in [-0.2, 0) is 17.5 Å². The molecule has 0 fully saturated rings. The molecule has 1 rings (SSSR count). The van der Waals surface area contributed by atoms with Gasteiger partial charge in [-0.25, -0.2) is 0 Å². The number of alkyl halides is 3. The molecule has 0 radical (unpaired) electrons. The van der Waals surface area contributed by atoms with E-state index in [1.165, 1.54) is 0 Å². The van der Waals surface area contributed by atoms with Crippen molar-refractivity contribution in [3.05, 3.63) is 32.7 Å². The number of amides is 1. The third-order valence-corrected chi connectivity index (χ3v) is 2.26. The van der Waals surface area contributed by atoms with Crippen molar-refractivity contribution in [3.8, 4) is 0 Å². The van der Waals surface area contributed by atoms with Gasteiger partial charge in [0.2, 0.25) is 5.91 Å². The molecule has 1 amide bonds. The van der Waals surface area contributed by atoms with Gasteiger partial charge in [-0.1, -0.05) is 0 Å². The molecule has 0 aliphatic heterocycles. The third kappa shape index (κ3) is 2.84. The van der Waals surface area contributed by atoms with Crippen LogP contribution in [0.15, 0.2) is 21.5 Å². The highest BCUT2D eigenvalue weighted by molar-refractivity contribution is 9.10. The van der Waals surface area contributed by atoms with Crippen molar-refractivity contribution in [3.63, 3.8) is 0 Å². The molecule has 0 atom stereocenters. The van der Waals surface area contributed by atoms with E-state index in [9.17, 15) is 22.8 Å². The van der Waals surface area contributed by atoms with E-state index in [2.05, 4.69) is 15.9 Å². The first-order valence-electron chi connectivity index (χ1n) is 3.97. The SMILES string of the molecule is NC(=O)Cn1cc(C(F)(F)F)cc(Br)c1=O. The summed E-state index contributed by atoms with van der Waals surface area (Å²) in [6.45, 7) is -0.596. The minimum absolute atomic E-state index is 0.274. The molecule has 8 heteroatoms. The number of hydrogen-bond acceptors (Lipinski definition) is 2. The molecule has 4 nitrogen and oxygen atoms in total. The fourth-order valence-electron chi connectivity index (χ4n) is 1.04. The normalized spacial score (nSPS) is 11.5. The number of carbonyl (C=O) groups is 1. The summed E-state index contributed by atoms with van der Waals surface area (Å²) in [5.41, 5.74) is 3.04. The van der Waals surface area contributed by atoms with Gasteiger partial charge in [-0.15, -0.1) is 0 Å². The van der Waals surface area contributed by atoms with E-state index in [0.29, 0.717) is 16.8 Å². The molecular weight excluding hydrogens is 293 g/mol. The molecule has 0 aromatic carbocycles. The average Bonchev–Trinajstić information content (AvgIpc) is 2.10. The first-order valence-corrected chi connectivity index (χ1v) is 4.76. The molecule has 0 saturated carbocycles. The molecule has 0 saturated heterocycles. The van der Waals surface area contributed by atoms with Crippen LogP contribution in [0.2, 0.25) is 0 Å². The van der Waals surface area contributed by atoms with Gasteiger partial charge in [0.15, 0.2) is 0 Å². The number of carbonyl (C=O) groups excluding carboxylic acids is 1. The van der Waals surface area contributed by atoms with Crippen LogP contribution in [0.4, 0.5) is 13.2 Å². The number of halogens is 4. The Balaban J connectivity index is 3.33. The van der Waals surface area contributed by atoms with Crippen molar-refractivity contribution in [2.45, 2.75) is 12.7 Å². The highest BCUT2D eigenvalue weighted by Crippen LogP contribution is 2.29. The second-order valence-corrected chi connectivity index (χ2v) is 3.83. The van der Waals surface area contributed by atoms with Gasteiger partial charge >= 0.3 is 6.18 Å². The molecule has 1 heterocycles. The molecule has 16 heavy (non-hydrogen) atoms. The Bertz CT molecular complexity index is 481. The van der Waals surface area contributed by atoms with Gasteiger partial charge in [-0.3, -0.25) is 9.59 Å². The quantitative estimate of drug-likeness (QED) is 0.889. The summed E-state index contributed by atoms with van der Waals surface area (Å²) in [4.78, 5) is 21.9. The first-order chi connectivity index (χ1) is 7.21. The standard InChI is InChI=1S/C8H6BrF3N2O2/c9-5-1-4(8(10,11)12)2-14(7(5)16)3-6(13)15/h1-2H,3H2,(H2,13,15). The van der Waals surface area contributed by atoms with Crippen molar-refractivity contribution < 1.29 is 18.0 Å². The van der Waals surface area contributed by atoms with Crippen LogP contribution in [0.1, 0.15) is 5.56 Å². The lowest BCUT2D eigenvalue weighted by Crippen LogP contribution is -2.29. The van der Waals surface area contributed by atoms with E-state index < -0.39 is 29.8 Å². The lowest BCUT2D eigenvalue weighted by atomic mass is 10.3. The van der Waals surface area contributed by atoms with Crippen molar-refractivity contribution in [1.82, 2.24) is 4.57 Å². The monoisotopic (exact) mass is 298 g/mol. The summed E-state index contributed by atoms with van der Waals surface area (Å²) in [7, 11) is 0. The fraction of sp³-hybridized carbons (Fsp3) is 0.250. The van der Waals surface area contributed by atoms with Crippen molar-refractivity contribution in [2.75, 3.05) is 0 Å². The van der Waals surface area contributed by atoms with Crippen LogP contribution in [0.25, 0.3) is 0 Å². The Morgan fingerprint density at radius 2 is 2.06 bits per heavy atom. The zero-order chi connectivity index (χ0) is 12.5.